The summed E-state index contributed by atoms with van der Waals surface area (Å²) >= 11 is 12.8. The Morgan fingerprint density at radius 2 is 1.74 bits per heavy atom. The minimum Gasteiger partial charge on any atom is -0.497 e. The average molecular weight is 653 g/mol. The molecule has 1 aliphatic carbocycles. The maximum Gasteiger partial charge on any atom is 0.330 e. The maximum absolute atomic E-state index is 13.9. The molecule has 0 radical (unpaired) electrons. The van der Waals surface area contributed by atoms with Crippen LogP contribution in [0.5, 0.6) is 5.75 Å². The van der Waals surface area contributed by atoms with E-state index in [0.717, 1.165) is 42.7 Å². The summed E-state index contributed by atoms with van der Waals surface area (Å²) < 4.78 is 36.6. The smallest absolute Gasteiger partial charge is 0.330 e. The molecule has 43 heavy (non-hydrogen) atoms. The highest BCUT2D eigenvalue weighted by Gasteiger charge is 2.37. The van der Waals surface area contributed by atoms with Crippen LogP contribution in [0, 0.1) is 6.92 Å². The van der Waals surface area contributed by atoms with Crippen molar-refractivity contribution in [3.63, 3.8) is 0 Å². The molecular weight excluding hydrogens is 612 g/mol. The van der Waals surface area contributed by atoms with E-state index in [4.69, 9.17) is 46.8 Å². The molecule has 0 unspecified atom stereocenters. The molecule has 3 aromatic rings. The minimum atomic E-state index is -3.12. The first-order chi connectivity index (χ1) is 20.6. The molecule has 12 heteroatoms. The second-order valence-electron chi connectivity index (χ2n) is 10.6. The van der Waals surface area contributed by atoms with E-state index in [9.17, 15) is 9.36 Å². The molecule has 1 saturated carbocycles. The van der Waals surface area contributed by atoms with Crippen molar-refractivity contribution in [2.24, 2.45) is 0 Å². The second kappa shape index (κ2) is 15.1. The predicted octanol–water partition coefficient (Wildman–Crippen LogP) is 7.88. The zero-order chi connectivity index (χ0) is 31.0. The van der Waals surface area contributed by atoms with Gasteiger partial charge in [0, 0.05) is 22.8 Å². The molecule has 0 atom stereocenters. The summed E-state index contributed by atoms with van der Waals surface area (Å²) in [6.07, 6.45) is 4.37. The van der Waals surface area contributed by atoms with E-state index in [1.165, 1.54) is 0 Å². The van der Waals surface area contributed by atoms with Crippen LogP contribution in [0.15, 0.2) is 42.5 Å². The van der Waals surface area contributed by atoms with Crippen LogP contribution in [-0.4, -0.2) is 60.9 Å². The van der Waals surface area contributed by atoms with Crippen LogP contribution in [0.25, 0.3) is 16.9 Å². The first-order valence-electron chi connectivity index (χ1n) is 14.6. The van der Waals surface area contributed by atoms with E-state index in [1.54, 1.807) is 43.8 Å². The maximum atomic E-state index is 13.9. The summed E-state index contributed by atoms with van der Waals surface area (Å²) in [6.45, 7) is 6.86. The Hall–Kier alpha value is -2.39. The Labute approximate surface area is 263 Å². The number of halogens is 2. The highest BCUT2D eigenvalue weighted by molar-refractivity contribution is 7.53. The number of nitrogens with zero attached hydrogens (tertiary/aromatic N) is 2. The van der Waals surface area contributed by atoms with Gasteiger partial charge in [-0.2, -0.15) is 5.10 Å². The number of methoxy groups -OCH3 is 1. The standard InChI is InChI=1S/C31H40Cl2N3O6P/c1-5-41-43(38,42-6-2)19-9-18-40-21-31(16-7-8-17-31)34-30(37)28-22(3)29(23-10-13-25(39-4)14-11-23)36(35-28)27-15-12-24(32)20-26(27)33/h10-15,20H,5-9,16-19,21H2,1-4H3,(H,34,37). The average Bonchev–Trinajstić information content (AvgIpc) is 3.57. The Kier molecular flexibility index (Phi) is 11.7. The lowest BCUT2D eigenvalue weighted by atomic mass is 9.98. The van der Waals surface area contributed by atoms with Gasteiger partial charge < -0.3 is 23.8 Å². The number of carbonyl (C=O) groups is 1. The summed E-state index contributed by atoms with van der Waals surface area (Å²) in [5, 5.41) is 8.96. The van der Waals surface area contributed by atoms with Gasteiger partial charge >= 0.3 is 7.60 Å². The Bertz CT molecular complexity index is 1430. The van der Waals surface area contributed by atoms with Crippen LogP contribution in [0.3, 0.4) is 0 Å². The van der Waals surface area contributed by atoms with E-state index in [1.807, 2.05) is 31.2 Å². The molecule has 1 fully saturated rings. The third-order valence-corrected chi connectivity index (χ3v) is 10.2. The van der Waals surface area contributed by atoms with Gasteiger partial charge in [-0.05, 0) is 82.5 Å². The van der Waals surface area contributed by atoms with E-state index in [2.05, 4.69) is 5.32 Å². The minimum absolute atomic E-state index is 0.279. The quantitative estimate of drug-likeness (QED) is 0.132. The van der Waals surface area contributed by atoms with Crippen LogP contribution in [0.4, 0.5) is 0 Å². The molecule has 234 valence electrons. The van der Waals surface area contributed by atoms with E-state index < -0.39 is 13.1 Å². The molecule has 0 spiro atoms. The van der Waals surface area contributed by atoms with Crippen molar-refractivity contribution in [2.75, 3.05) is 39.7 Å². The molecule has 1 N–H and O–H groups in total. The molecule has 1 aliphatic rings. The van der Waals surface area contributed by atoms with Crippen LogP contribution < -0.4 is 10.1 Å². The van der Waals surface area contributed by atoms with Gasteiger partial charge in [-0.25, -0.2) is 4.68 Å². The molecule has 9 nitrogen and oxygen atoms in total. The second-order valence-corrected chi connectivity index (χ2v) is 13.6. The molecular formula is C31H40Cl2N3O6P. The van der Waals surface area contributed by atoms with Gasteiger partial charge in [0.05, 0.1) is 55.0 Å². The van der Waals surface area contributed by atoms with Crippen LogP contribution in [0.1, 0.15) is 62.0 Å². The molecule has 0 aliphatic heterocycles. The number of hydrogen-bond donors (Lipinski definition) is 1. The third kappa shape index (κ3) is 8.21. The number of ether oxygens (including phenoxy) is 2. The third-order valence-electron chi connectivity index (χ3n) is 7.53. The van der Waals surface area contributed by atoms with Gasteiger partial charge in [0.2, 0.25) is 0 Å². The van der Waals surface area contributed by atoms with E-state index in [0.29, 0.717) is 59.8 Å². The van der Waals surface area contributed by atoms with E-state index >= 15 is 0 Å². The first kappa shape index (κ1) is 33.5. The van der Waals surface area contributed by atoms with Crippen LogP contribution in [0.2, 0.25) is 10.0 Å². The number of nitrogens with one attached hydrogen (secondary N) is 1. The van der Waals surface area contributed by atoms with Crippen molar-refractivity contribution in [1.82, 2.24) is 15.1 Å². The normalized spacial score (nSPS) is 14.7. The van der Waals surface area contributed by atoms with Gasteiger partial charge in [-0.3, -0.25) is 9.36 Å². The van der Waals surface area contributed by atoms with Crippen LogP contribution >= 0.6 is 30.8 Å². The number of hydrogen-bond acceptors (Lipinski definition) is 7. The van der Waals surface area contributed by atoms with Crippen molar-refractivity contribution >= 4 is 36.7 Å². The van der Waals surface area contributed by atoms with Gasteiger partial charge in [0.15, 0.2) is 5.69 Å². The van der Waals surface area contributed by atoms with Crippen molar-refractivity contribution < 1.29 is 27.9 Å². The number of rotatable bonds is 15. The Morgan fingerprint density at radius 1 is 1.07 bits per heavy atom. The fourth-order valence-electron chi connectivity index (χ4n) is 5.47. The number of amides is 1. The van der Waals surface area contributed by atoms with Crippen molar-refractivity contribution in [2.45, 2.75) is 58.4 Å². The van der Waals surface area contributed by atoms with Crippen molar-refractivity contribution in [1.29, 1.82) is 0 Å². The summed E-state index contributed by atoms with van der Waals surface area (Å²) in [5.74, 6) is 0.440. The predicted molar refractivity (Wildman–Crippen MR) is 170 cm³/mol. The summed E-state index contributed by atoms with van der Waals surface area (Å²) in [4.78, 5) is 13.9. The zero-order valence-corrected chi connectivity index (χ0v) is 27.6. The fraction of sp³-hybridized carbons (Fsp3) is 0.484. The summed E-state index contributed by atoms with van der Waals surface area (Å²) in [5.41, 5.74) is 2.69. The molecule has 1 amide bonds. The lowest BCUT2D eigenvalue weighted by Crippen LogP contribution is -2.50. The lowest BCUT2D eigenvalue weighted by Gasteiger charge is -2.30. The Balaban J connectivity index is 1.55. The monoisotopic (exact) mass is 651 g/mol. The van der Waals surface area contributed by atoms with Crippen molar-refractivity contribution in [3.8, 4) is 22.7 Å². The largest absolute Gasteiger partial charge is 0.497 e. The SMILES string of the molecule is CCOP(=O)(CCCOCC1(NC(=O)c2nn(-c3ccc(Cl)cc3Cl)c(-c3ccc(OC)cc3)c2C)CCCC1)OCC. The summed E-state index contributed by atoms with van der Waals surface area (Å²) in [6, 6.07) is 12.8. The van der Waals surface area contributed by atoms with Gasteiger partial charge in [-0.15, -0.1) is 0 Å². The van der Waals surface area contributed by atoms with E-state index in [-0.39, 0.29) is 12.1 Å². The first-order valence-corrected chi connectivity index (χ1v) is 17.1. The highest BCUT2D eigenvalue weighted by atomic mass is 35.5. The molecule has 2 aromatic carbocycles. The lowest BCUT2D eigenvalue weighted by molar-refractivity contribution is 0.0593. The Morgan fingerprint density at radius 3 is 2.35 bits per heavy atom. The molecule has 1 heterocycles. The van der Waals surface area contributed by atoms with Gasteiger partial charge in [-0.1, -0.05) is 36.0 Å². The molecule has 4 rings (SSSR count). The molecule has 0 bridgehead atoms. The zero-order valence-electron chi connectivity index (χ0n) is 25.2. The number of benzene rings is 2. The number of aromatic nitrogens is 2. The molecule has 1 aromatic heterocycles. The number of carbonyl (C=O) groups excluding carboxylic acids is 1. The highest BCUT2D eigenvalue weighted by Crippen LogP contribution is 2.48. The topological polar surface area (TPSA) is 101 Å². The fourth-order valence-corrected chi connectivity index (χ4v) is 7.60. The van der Waals surface area contributed by atoms with Gasteiger partial charge in [0.1, 0.15) is 5.75 Å². The van der Waals surface area contributed by atoms with Gasteiger partial charge in [0.25, 0.3) is 5.91 Å². The molecule has 0 saturated heterocycles. The summed E-state index contributed by atoms with van der Waals surface area (Å²) in [7, 11) is -1.50. The van der Waals surface area contributed by atoms with Crippen LogP contribution in [-0.2, 0) is 18.3 Å². The van der Waals surface area contributed by atoms with Crippen molar-refractivity contribution in [3.05, 3.63) is 63.8 Å².